The van der Waals surface area contributed by atoms with Crippen LogP contribution in [0, 0.1) is 0 Å². The van der Waals surface area contributed by atoms with Gasteiger partial charge in [-0.05, 0) is 6.42 Å². The first kappa shape index (κ1) is 41.7. The zero-order valence-corrected chi connectivity index (χ0v) is 33.9. The monoisotopic (exact) mass is 821 g/mol. The molecule has 0 bridgehead atoms. The number of aliphatic hydroxyl groups excluding tert-OH is 4. The van der Waals surface area contributed by atoms with Crippen molar-refractivity contribution in [1.29, 1.82) is 0 Å². The summed E-state index contributed by atoms with van der Waals surface area (Å²) in [6, 6.07) is 9.23. The Hall–Kier alpha value is -2.07. The SMILES string of the molecule is CCC[CH2][Sn]([CH2]CCC)([CH2]CCC)[c]1cccc(COc2nc(N)nc3c2ncn3CCCCCCCCO[C@@H]2O[C@H](CO)[C@@H](O)[C@H](O)[C@H]2O)c1. The number of nitrogens with zero attached hydrogens (tertiary/aromatic N) is 4. The molecular weight excluding hydrogens is 757 g/mol. The quantitative estimate of drug-likeness (QED) is 0.0593. The summed E-state index contributed by atoms with van der Waals surface area (Å²) in [6.45, 7) is 8.01. The van der Waals surface area contributed by atoms with Gasteiger partial charge in [0, 0.05) is 6.61 Å². The van der Waals surface area contributed by atoms with Gasteiger partial charge in [0.05, 0.1) is 6.61 Å². The molecular formula is C38H63N5O7Sn. The summed E-state index contributed by atoms with van der Waals surface area (Å²) in [6.07, 6.45) is 9.14. The maximum absolute atomic E-state index is 10.1. The van der Waals surface area contributed by atoms with Crippen LogP contribution in [-0.4, -0.2) is 102 Å². The summed E-state index contributed by atoms with van der Waals surface area (Å²) in [5.74, 6) is 0.596. The van der Waals surface area contributed by atoms with Crippen molar-refractivity contribution in [2.45, 2.75) is 155 Å². The topological polar surface area (TPSA) is 178 Å². The van der Waals surface area contributed by atoms with Crippen molar-refractivity contribution in [1.82, 2.24) is 19.5 Å². The molecule has 3 heterocycles. The minimum absolute atomic E-state index is 0.174. The van der Waals surface area contributed by atoms with Gasteiger partial charge in [-0.25, -0.2) is 0 Å². The van der Waals surface area contributed by atoms with Crippen LogP contribution in [0.3, 0.4) is 0 Å². The number of imidazole rings is 1. The van der Waals surface area contributed by atoms with Crippen molar-refractivity contribution >= 4 is 39.1 Å². The number of nitrogens with two attached hydrogens (primary N) is 1. The van der Waals surface area contributed by atoms with Gasteiger partial charge >= 0.3 is 210 Å². The molecule has 4 rings (SSSR count). The molecule has 5 atom stereocenters. The van der Waals surface area contributed by atoms with Gasteiger partial charge in [-0.15, -0.1) is 0 Å². The van der Waals surface area contributed by atoms with Crippen LogP contribution in [-0.2, 0) is 22.6 Å². The summed E-state index contributed by atoms with van der Waals surface area (Å²) >= 11 is -2.56. The molecule has 1 aromatic carbocycles. The van der Waals surface area contributed by atoms with E-state index in [9.17, 15) is 20.4 Å². The Morgan fingerprint density at radius 2 is 1.51 bits per heavy atom. The first-order chi connectivity index (χ1) is 24.8. The number of nitrogen functional groups attached to an aromatic ring is 1. The number of rotatable bonds is 24. The van der Waals surface area contributed by atoms with E-state index in [0.717, 1.165) is 45.1 Å². The van der Waals surface area contributed by atoms with E-state index < -0.39 is 55.7 Å². The van der Waals surface area contributed by atoms with Gasteiger partial charge in [-0.3, -0.25) is 0 Å². The van der Waals surface area contributed by atoms with E-state index in [-0.39, 0.29) is 5.95 Å². The second-order valence-electron chi connectivity index (χ2n) is 14.3. The van der Waals surface area contributed by atoms with E-state index in [1.165, 1.54) is 57.4 Å². The first-order valence-electron chi connectivity index (χ1n) is 19.4. The second kappa shape index (κ2) is 21.6. The molecule has 0 spiro atoms. The standard InChI is InChI=1S/C26H36N5O7.3C4H9.Sn/c27-26-29-23-19(24(30-26)37-15-17-10-6-5-7-11-17)28-16-31(23)12-8-3-1-2-4-9-13-36-25-22(35)21(34)20(33)18(14-32)38-25;3*1-3-4-2;/h5-6,10-11,16,18,20-22,25,32-35H,1-4,8-9,12-15H2,(H2,27,29,30);3*1,3-4H2,2H3;/t18-,20-,21+,22-,25-;;;;/m1..../s1. The first-order valence-corrected chi connectivity index (χ1v) is 26.9. The Morgan fingerprint density at radius 3 is 2.18 bits per heavy atom. The van der Waals surface area contributed by atoms with E-state index >= 15 is 0 Å². The molecule has 286 valence electrons. The predicted molar refractivity (Wildman–Crippen MR) is 202 cm³/mol. The van der Waals surface area contributed by atoms with Crippen LogP contribution in [0.25, 0.3) is 11.2 Å². The summed E-state index contributed by atoms with van der Waals surface area (Å²) in [5, 5.41) is 39.2. The number of anilines is 1. The molecule has 2 aromatic heterocycles. The fourth-order valence-electron chi connectivity index (χ4n) is 7.19. The minimum atomic E-state index is -2.56. The normalized spacial score (nSPS) is 21.0. The zero-order chi connectivity index (χ0) is 36.6. The fourth-order valence-corrected chi connectivity index (χ4v) is 23.3. The van der Waals surface area contributed by atoms with Crippen LogP contribution in [0.4, 0.5) is 5.95 Å². The van der Waals surface area contributed by atoms with Gasteiger partial charge in [0.1, 0.15) is 24.4 Å². The van der Waals surface area contributed by atoms with Gasteiger partial charge in [0.25, 0.3) is 0 Å². The van der Waals surface area contributed by atoms with Gasteiger partial charge in [-0.1, -0.05) is 19.3 Å². The average Bonchev–Trinajstić information content (AvgIpc) is 3.55. The number of benzene rings is 1. The van der Waals surface area contributed by atoms with Crippen molar-refractivity contribution in [3.05, 3.63) is 36.2 Å². The molecule has 12 nitrogen and oxygen atoms in total. The van der Waals surface area contributed by atoms with Gasteiger partial charge in [0.15, 0.2) is 6.29 Å². The molecule has 3 aromatic rings. The second-order valence-corrected chi connectivity index (χ2v) is 27.5. The number of aliphatic hydroxyl groups is 4. The van der Waals surface area contributed by atoms with Crippen LogP contribution in [0.15, 0.2) is 30.6 Å². The Labute approximate surface area is 308 Å². The molecule has 1 aliphatic heterocycles. The van der Waals surface area contributed by atoms with Gasteiger partial charge < -0.3 is 29.9 Å². The number of fused-ring (bicyclic) bond motifs is 1. The number of aryl methyl sites for hydroxylation is 1. The fraction of sp³-hybridized carbons (Fsp3) is 0.711. The number of hydrogen-bond donors (Lipinski definition) is 5. The summed E-state index contributed by atoms with van der Waals surface area (Å²) in [4.78, 5) is 13.6. The summed E-state index contributed by atoms with van der Waals surface area (Å²) in [5.41, 5.74) is 8.64. The Balaban J connectivity index is 1.26. The zero-order valence-electron chi connectivity index (χ0n) is 31.1. The number of aromatic nitrogens is 4. The molecule has 0 unspecified atom stereocenters. The van der Waals surface area contributed by atoms with Crippen LogP contribution in [0.2, 0.25) is 13.3 Å². The van der Waals surface area contributed by atoms with E-state index in [4.69, 9.17) is 19.9 Å². The van der Waals surface area contributed by atoms with Crippen LogP contribution < -0.4 is 14.0 Å². The van der Waals surface area contributed by atoms with Crippen molar-refractivity contribution in [3.63, 3.8) is 0 Å². The van der Waals surface area contributed by atoms with E-state index in [2.05, 4.69) is 60.0 Å². The Morgan fingerprint density at radius 1 is 0.843 bits per heavy atom. The maximum atomic E-state index is 10.1. The molecule has 0 aliphatic carbocycles. The molecule has 51 heavy (non-hydrogen) atoms. The van der Waals surface area contributed by atoms with Gasteiger partial charge in [0.2, 0.25) is 0 Å². The van der Waals surface area contributed by atoms with Crippen molar-refractivity contribution in [2.75, 3.05) is 18.9 Å². The third-order valence-corrected chi connectivity index (χ3v) is 25.9. The van der Waals surface area contributed by atoms with Crippen LogP contribution in [0.5, 0.6) is 5.88 Å². The predicted octanol–water partition coefficient (Wildman–Crippen LogP) is 5.20. The molecule has 0 saturated carbocycles. The average molecular weight is 821 g/mol. The van der Waals surface area contributed by atoms with E-state index in [1.54, 1.807) is 9.91 Å². The third-order valence-electron chi connectivity index (χ3n) is 10.3. The molecule has 1 saturated heterocycles. The Bertz CT molecular complexity index is 1420. The summed E-state index contributed by atoms with van der Waals surface area (Å²) in [7, 11) is 0. The van der Waals surface area contributed by atoms with E-state index in [0.29, 0.717) is 30.3 Å². The van der Waals surface area contributed by atoms with Gasteiger partial charge in [-0.2, -0.15) is 0 Å². The van der Waals surface area contributed by atoms with Crippen LogP contribution in [0.1, 0.15) is 103 Å². The van der Waals surface area contributed by atoms with E-state index in [1.807, 2.05) is 4.57 Å². The molecule has 0 amide bonds. The molecule has 6 N–H and O–H groups in total. The molecule has 0 radical (unpaired) electrons. The van der Waals surface area contributed by atoms with Crippen molar-refractivity contribution in [2.24, 2.45) is 0 Å². The molecule has 1 fully saturated rings. The number of ether oxygens (including phenoxy) is 3. The molecule has 1 aliphatic rings. The van der Waals surface area contributed by atoms with Crippen molar-refractivity contribution < 1.29 is 34.6 Å². The third kappa shape index (κ3) is 11.7. The summed E-state index contributed by atoms with van der Waals surface area (Å²) < 4.78 is 25.2. The van der Waals surface area contributed by atoms with Crippen LogP contribution >= 0.6 is 0 Å². The Kier molecular flexibility index (Phi) is 17.6. The number of hydrogen-bond acceptors (Lipinski definition) is 11. The number of unbranched alkanes of at least 4 members (excludes halogenated alkanes) is 8. The molecule has 13 heteroatoms. The van der Waals surface area contributed by atoms with Crippen molar-refractivity contribution in [3.8, 4) is 5.88 Å².